The summed E-state index contributed by atoms with van der Waals surface area (Å²) >= 11 is 0. The number of imidazole rings is 1. The van der Waals surface area contributed by atoms with Crippen LogP contribution in [0.25, 0.3) is 50.4 Å². The minimum absolute atomic E-state index is 0. The number of aromatic hydroxyl groups is 1. The molecule has 4 nitrogen and oxygen atoms in total. The maximum Gasteiger partial charge on any atom is 0.140 e. The Kier molecular flexibility index (Phi) is 9.23. The van der Waals surface area contributed by atoms with Gasteiger partial charge in [0.2, 0.25) is 0 Å². The number of pyridine rings is 1. The van der Waals surface area contributed by atoms with Gasteiger partial charge in [-0.1, -0.05) is 101 Å². The molecule has 0 aliphatic heterocycles. The van der Waals surface area contributed by atoms with E-state index in [2.05, 4.69) is 107 Å². The van der Waals surface area contributed by atoms with E-state index in [1.807, 2.05) is 36.5 Å². The van der Waals surface area contributed by atoms with Crippen LogP contribution in [0, 0.1) is 6.07 Å². The molecule has 0 spiro atoms. The van der Waals surface area contributed by atoms with Gasteiger partial charge in [0.25, 0.3) is 0 Å². The summed E-state index contributed by atoms with van der Waals surface area (Å²) in [6, 6.07) is 32.5. The van der Waals surface area contributed by atoms with Crippen LogP contribution in [-0.2, 0) is 21.1 Å². The Labute approximate surface area is 275 Å². The largest absolute Gasteiger partial charge is 0.507 e. The molecule has 0 aliphatic rings. The molecule has 5 heteroatoms. The monoisotopic (exact) mass is 759 g/mol. The second-order valence-corrected chi connectivity index (χ2v) is 12.2. The van der Waals surface area contributed by atoms with Gasteiger partial charge in [-0.15, -0.1) is 24.3 Å². The third-order valence-electron chi connectivity index (χ3n) is 8.22. The zero-order valence-electron chi connectivity index (χ0n) is 26.1. The zero-order chi connectivity index (χ0) is 30.2. The number of hydrogen-bond donors (Lipinski definition) is 1. The van der Waals surface area contributed by atoms with Crippen LogP contribution in [-0.4, -0.2) is 19.6 Å². The summed E-state index contributed by atoms with van der Waals surface area (Å²) in [6.07, 6.45) is 3.97. The third kappa shape index (κ3) is 5.88. The van der Waals surface area contributed by atoms with Gasteiger partial charge in [-0.05, 0) is 63.4 Å². The number of rotatable bonds is 7. The number of benzene rings is 4. The van der Waals surface area contributed by atoms with E-state index in [-0.39, 0.29) is 26.8 Å². The van der Waals surface area contributed by atoms with Crippen molar-refractivity contribution in [2.75, 3.05) is 0 Å². The van der Waals surface area contributed by atoms with Crippen LogP contribution in [0.4, 0.5) is 0 Å². The van der Waals surface area contributed by atoms with Crippen molar-refractivity contribution in [2.45, 2.75) is 59.3 Å². The van der Waals surface area contributed by atoms with Crippen molar-refractivity contribution in [3.05, 3.63) is 120 Å². The molecule has 0 fully saturated rings. The second kappa shape index (κ2) is 12.9. The van der Waals surface area contributed by atoms with Gasteiger partial charge >= 0.3 is 0 Å². The van der Waals surface area contributed by atoms with Gasteiger partial charge in [0.15, 0.2) is 0 Å². The smallest absolute Gasteiger partial charge is 0.140 e. The fraction of sp³-hybridized carbons (Fsp3) is 0.231. The average molecular weight is 760 g/mol. The summed E-state index contributed by atoms with van der Waals surface area (Å²) in [4.78, 5) is 9.96. The Bertz CT molecular complexity index is 1910. The number of phenols is 1. The second-order valence-electron chi connectivity index (χ2n) is 12.2. The summed E-state index contributed by atoms with van der Waals surface area (Å²) < 4.78 is 2.17. The van der Waals surface area contributed by atoms with Crippen LogP contribution in [0.15, 0.2) is 97.3 Å². The van der Waals surface area contributed by atoms with Crippen LogP contribution < -0.4 is 0 Å². The molecule has 6 aromatic rings. The van der Waals surface area contributed by atoms with Crippen molar-refractivity contribution in [1.29, 1.82) is 0 Å². The van der Waals surface area contributed by atoms with E-state index in [1.165, 1.54) is 22.1 Å². The fourth-order valence-corrected chi connectivity index (χ4v) is 5.85. The van der Waals surface area contributed by atoms with Crippen LogP contribution in [0.2, 0.25) is 0 Å². The first kappa shape index (κ1) is 31.4. The van der Waals surface area contributed by atoms with E-state index in [1.54, 1.807) is 6.07 Å². The molecule has 0 bridgehead atoms. The number of para-hydroxylation sites is 2. The van der Waals surface area contributed by atoms with E-state index >= 15 is 0 Å². The van der Waals surface area contributed by atoms with Crippen molar-refractivity contribution in [3.63, 3.8) is 0 Å². The fourth-order valence-electron chi connectivity index (χ4n) is 5.85. The average Bonchev–Trinajstić information content (AvgIpc) is 3.45. The van der Waals surface area contributed by atoms with Gasteiger partial charge < -0.3 is 9.67 Å². The summed E-state index contributed by atoms with van der Waals surface area (Å²) in [5.41, 5.74) is 9.09. The van der Waals surface area contributed by atoms with Gasteiger partial charge in [0.1, 0.15) is 11.6 Å². The SMILES string of the molecule is CC(C)c1ccc2c(-c3[c-]c(-c4cn(-c5c(C(C)C)cccc5C(C)C)c(-c5ccccc5O)n4)ccc3)nccc2c1.[Pt]. The van der Waals surface area contributed by atoms with E-state index in [9.17, 15) is 5.11 Å². The number of aromatic nitrogens is 3. The normalized spacial score (nSPS) is 11.5. The predicted molar refractivity (Wildman–Crippen MR) is 178 cm³/mol. The number of phenolic OH excluding ortho intramolecular Hbond substituents is 1. The first-order valence-corrected chi connectivity index (χ1v) is 15.2. The number of nitrogens with zero attached hydrogens (tertiary/aromatic N) is 3. The van der Waals surface area contributed by atoms with Gasteiger partial charge in [-0.2, -0.15) is 0 Å². The van der Waals surface area contributed by atoms with E-state index < -0.39 is 0 Å². The maximum absolute atomic E-state index is 10.9. The molecule has 0 saturated heterocycles. The molecule has 44 heavy (non-hydrogen) atoms. The molecule has 0 amide bonds. The van der Waals surface area contributed by atoms with Crippen LogP contribution in [0.5, 0.6) is 5.75 Å². The maximum atomic E-state index is 10.9. The molecular weight excluding hydrogens is 722 g/mol. The van der Waals surface area contributed by atoms with Gasteiger partial charge in [0.05, 0.1) is 11.3 Å². The first-order valence-electron chi connectivity index (χ1n) is 15.2. The molecule has 0 radical (unpaired) electrons. The minimum atomic E-state index is 0. The van der Waals surface area contributed by atoms with Gasteiger partial charge in [0, 0.05) is 44.8 Å². The quantitative estimate of drug-likeness (QED) is 0.165. The predicted octanol–water partition coefficient (Wildman–Crippen LogP) is 10.3. The summed E-state index contributed by atoms with van der Waals surface area (Å²) in [6.45, 7) is 13.3. The van der Waals surface area contributed by atoms with Crippen molar-refractivity contribution in [2.24, 2.45) is 0 Å². The molecule has 226 valence electrons. The Morgan fingerprint density at radius 2 is 1.41 bits per heavy atom. The third-order valence-corrected chi connectivity index (χ3v) is 8.22. The number of fused-ring (bicyclic) bond motifs is 1. The molecule has 6 rings (SSSR count). The molecule has 0 atom stereocenters. The molecule has 0 aliphatic carbocycles. The first-order chi connectivity index (χ1) is 20.7. The Balaban J connectivity index is 0.00000384. The Morgan fingerprint density at radius 3 is 2.09 bits per heavy atom. The van der Waals surface area contributed by atoms with Crippen molar-refractivity contribution in [3.8, 4) is 45.3 Å². The van der Waals surface area contributed by atoms with Crippen LogP contribution in [0.1, 0.15) is 76.0 Å². The zero-order valence-corrected chi connectivity index (χ0v) is 28.3. The Hall–Kier alpha value is -4.01. The van der Waals surface area contributed by atoms with Crippen molar-refractivity contribution >= 4 is 10.8 Å². The summed E-state index contributed by atoms with van der Waals surface area (Å²) in [5, 5.41) is 13.2. The van der Waals surface area contributed by atoms with Crippen molar-refractivity contribution < 1.29 is 26.2 Å². The topological polar surface area (TPSA) is 50.9 Å². The minimum Gasteiger partial charge on any atom is -0.507 e. The molecular formula is C39H38N3OPt-. The van der Waals surface area contributed by atoms with Gasteiger partial charge in [-0.3, -0.25) is 9.97 Å². The van der Waals surface area contributed by atoms with E-state index in [0.29, 0.717) is 29.1 Å². The van der Waals surface area contributed by atoms with E-state index in [0.717, 1.165) is 33.6 Å². The molecule has 4 aromatic carbocycles. The Morgan fingerprint density at radius 1 is 0.727 bits per heavy atom. The molecule has 0 unspecified atom stereocenters. The van der Waals surface area contributed by atoms with Crippen LogP contribution >= 0.6 is 0 Å². The standard InChI is InChI=1S/C39H38N3O.Pt/c1-24(2)27-17-18-33-28(21-27)19-20-40-37(33)30-12-9-11-29(22-30)35-23-42(39(41-35)34-13-7-8-16-36(34)43)38-31(25(3)4)14-10-15-32(38)26(5)6;/h7-21,23-26,43H,1-6H3;/q-1;. The molecule has 1 N–H and O–H groups in total. The number of hydrogen-bond acceptors (Lipinski definition) is 3. The van der Waals surface area contributed by atoms with Crippen LogP contribution in [0.3, 0.4) is 0 Å². The van der Waals surface area contributed by atoms with E-state index in [4.69, 9.17) is 9.97 Å². The summed E-state index contributed by atoms with van der Waals surface area (Å²) in [7, 11) is 0. The van der Waals surface area contributed by atoms with Gasteiger partial charge in [-0.25, -0.2) is 0 Å². The van der Waals surface area contributed by atoms with Crippen molar-refractivity contribution in [1.82, 2.24) is 14.5 Å². The molecule has 2 aromatic heterocycles. The molecule has 2 heterocycles. The molecule has 0 saturated carbocycles. The summed E-state index contributed by atoms with van der Waals surface area (Å²) in [5.74, 6) is 1.97.